The second kappa shape index (κ2) is 9.10. The third-order valence-electron chi connectivity index (χ3n) is 5.81. The van der Waals surface area contributed by atoms with Gasteiger partial charge in [0.2, 0.25) is 5.78 Å². The Morgan fingerprint density at radius 3 is 2.76 bits per heavy atom. The van der Waals surface area contributed by atoms with Gasteiger partial charge in [-0.25, -0.2) is 0 Å². The Bertz CT molecular complexity index is 1270. The monoisotopic (exact) mass is 481 g/mol. The minimum Gasteiger partial charge on any atom is -0.496 e. The first-order valence-corrected chi connectivity index (χ1v) is 11.3. The number of ketones is 1. The van der Waals surface area contributed by atoms with Gasteiger partial charge in [0, 0.05) is 13.1 Å². The Morgan fingerprint density at radius 2 is 1.94 bits per heavy atom. The molecule has 3 aromatic carbocycles. The standard InChI is InChI=1S/C26H21Cl2NO4/c1-31-22-5-3-2-4-17(22)10-11-29-14-19-23(32-15-29)9-7-18-25(30)24(33-26(18)19)13-16-6-8-20(27)21(28)12-16/h2-9,12-13H,10-11,14-15H2,1H3/b24-13-. The van der Waals surface area contributed by atoms with Crippen molar-refractivity contribution in [3.05, 3.63) is 92.7 Å². The molecule has 2 aliphatic heterocycles. The summed E-state index contributed by atoms with van der Waals surface area (Å²) < 4.78 is 17.5. The number of halogens is 2. The van der Waals surface area contributed by atoms with Gasteiger partial charge in [-0.15, -0.1) is 0 Å². The van der Waals surface area contributed by atoms with Gasteiger partial charge in [0.15, 0.2) is 5.76 Å². The molecule has 0 saturated carbocycles. The van der Waals surface area contributed by atoms with E-state index in [4.69, 9.17) is 37.4 Å². The van der Waals surface area contributed by atoms with Crippen LogP contribution in [0.1, 0.15) is 27.0 Å². The van der Waals surface area contributed by atoms with Crippen LogP contribution in [-0.4, -0.2) is 31.1 Å². The van der Waals surface area contributed by atoms with Gasteiger partial charge >= 0.3 is 0 Å². The maximum atomic E-state index is 13.0. The highest BCUT2D eigenvalue weighted by Crippen LogP contribution is 2.42. The van der Waals surface area contributed by atoms with Crippen LogP contribution >= 0.6 is 23.2 Å². The quantitative estimate of drug-likeness (QED) is 0.417. The van der Waals surface area contributed by atoms with Crippen molar-refractivity contribution >= 4 is 35.1 Å². The highest BCUT2D eigenvalue weighted by molar-refractivity contribution is 6.42. The Morgan fingerprint density at radius 1 is 1.09 bits per heavy atom. The Balaban J connectivity index is 1.36. The molecule has 5 nitrogen and oxygen atoms in total. The molecule has 0 spiro atoms. The van der Waals surface area contributed by atoms with E-state index in [2.05, 4.69) is 11.0 Å². The number of Topliss-reactive ketones (excluding diaryl/α,β-unsaturated/α-hetero) is 1. The molecule has 0 aromatic heterocycles. The maximum Gasteiger partial charge on any atom is 0.231 e. The van der Waals surface area contributed by atoms with Gasteiger partial charge in [-0.05, 0) is 54.0 Å². The first-order valence-electron chi connectivity index (χ1n) is 10.6. The first-order chi connectivity index (χ1) is 16.0. The Labute approximate surface area is 202 Å². The predicted molar refractivity (Wildman–Crippen MR) is 128 cm³/mol. The van der Waals surface area contributed by atoms with Crippen molar-refractivity contribution < 1.29 is 19.0 Å². The first kappa shape index (κ1) is 21.8. The molecular weight excluding hydrogens is 461 g/mol. The summed E-state index contributed by atoms with van der Waals surface area (Å²) in [5.74, 6) is 2.27. The fraction of sp³-hybridized carbons (Fsp3) is 0.192. The van der Waals surface area contributed by atoms with Crippen molar-refractivity contribution in [1.29, 1.82) is 0 Å². The summed E-state index contributed by atoms with van der Waals surface area (Å²) in [6, 6.07) is 16.8. The summed E-state index contributed by atoms with van der Waals surface area (Å²) in [4.78, 5) is 15.2. The average Bonchev–Trinajstić information content (AvgIpc) is 3.15. The fourth-order valence-electron chi connectivity index (χ4n) is 4.09. The number of allylic oxidation sites excluding steroid dienone is 1. The van der Waals surface area contributed by atoms with Gasteiger partial charge in [-0.3, -0.25) is 9.69 Å². The van der Waals surface area contributed by atoms with E-state index in [0.29, 0.717) is 34.6 Å². The number of rotatable bonds is 5. The summed E-state index contributed by atoms with van der Waals surface area (Å²) in [7, 11) is 1.68. The lowest BCUT2D eigenvalue weighted by molar-refractivity contribution is 0.0948. The molecule has 2 aliphatic rings. The molecule has 5 rings (SSSR count). The van der Waals surface area contributed by atoms with Crippen LogP contribution in [0.15, 0.2) is 60.4 Å². The molecule has 0 atom stereocenters. The zero-order chi connectivity index (χ0) is 22.9. The maximum absolute atomic E-state index is 13.0. The van der Waals surface area contributed by atoms with Crippen molar-refractivity contribution in [1.82, 2.24) is 4.90 Å². The van der Waals surface area contributed by atoms with Crippen molar-refractivity contribution in [3.8, 4) is 17.2 Å². The van der Waals surface area contributed by atoms with E-state index in [1.165, 1.54) is 0 Å². The minimum atomic E-state index is -0.162. The number of ether oxygens (including phenoxy) is 3. The van der Waals surface area contributed by atoms with Crippen LogP contribution in [-0.2, 0) is 13.0 Å². The molecule has 168 valence electrons. The second-order valence-corrected chi connectivity index (χ2v) is 8.73. The Hall–Kier alpha value is -2.99. The number of para-hydroxylation sites is 1. The molecule has 2 heterocycles. The molecule has 0 N–H and O–H groups in total. The zero-order valence-corrected chi connectivity index (χ0v) is 19.4. The van der Waals surface area contributed by atoms with Crippen LogP contribution in [0.25, 0.3) is 6.08 Å². The SMILES string of the molecule is COc1ccccc1CCN1COc2ccc3c(c2C1)O/C(=C\c1ccc(Cl)c(Cl)c1)C3=O. The number of hydrogen-bond donors (Lipinski definition) is 0. The second-order valence-electron chi connectivity index (χ2n) is 7.92. The summed E-state index contributed by atoms with van der Waals surface area (Å²) in [6.07, 6.45) is 2.50. The predicted octanol–water partition coefficient (Wildman–Crippen LogP) is 6.01. The molecule has 0 aliphatic carbocycles. The third kappa shape index (κ3) is 4.32. The summed E-state index contributed by atoms with van der Waals surface area (Å²) in [5.41, 5.74) is 3.30. The van der Waals surface area contributed by atoms with E-state index < -0.39 is 0 Å². The van der Waals surface area contributed by atoms with Gasteiger partial charge in [0.1, 0.15) is 24.0 Å². The van der Waals surface area contributed by atoms with Gasteiger partial charge in [-0.2, -0.15) is 0 Å². The lowest BCUT2D eigenvalue weighted by Gasteiger charge is -2.29. The molecule has 0 amide bonds. The van der Waals surface area contributed by atoms with Crippen LogP contribution in [0.2, 0.25) is 10.0 Å². The number of benzene rings is 3. The van der Waals surface area contributed by atoms with Crippen LogP contribution < -0.4 is 14.2 Å². The minimum absolute atomic E-state index is 0.162. The molecule has 33 heavy (non-hydrogen) atoms. The number of nitrogens with zero attached hydrogens (tertiary/aromatic N) is 1. The number of carbonyl (C=O) groups is 1. The molecule has 7 heteroatoms. The Kier molecular flexibility index (Phi) is 6.02. The molecule has 0 bridgehead atoms. The summed E-state index contributed by atoms with van der Waals surface area (Å²) in [5, 5.41) is 0.880. The molecule has 0 fully saturated rings. The number of hydrogen-bond acceptors (Lipinski definition) is 5. The van der Waals surface area contributed by atoms with Crippen molar-refractivity contribution in [2.75, 3.05) is 20.4 Å². The molecule has 0 unspecified atom stereocenters. The van der Waals surface area contributed by atoms with E-state index in [9.17, 15) is 4.79 Å². The molecule has 3 aromatic rings. The van der Waals surface area contributed by atoms with Crippen molar-refractivity contribution in [3.63, 3.8) is 0 Å². The normalized spacial score (nSPS) is 16.2. The van der Waals surface area contributed by atoms with Crippen LogP contribution in [0.4, 0.5) is 0 Å². The van der Waals surface area contributed by atoms with E-state index in [-0.39, 0.29) is 11.5 Å². The number of fused-ring (bicyclic) bond motifs is 3. The van der Waals surface area contributed by atoms with Gasteiger partial charge < -0.3 is 14.2 Å². The molecular formula is C26H21Cl2NO4. The van der Waals surface area contributed by atoms with Gasteiger partial charge in [-0.1, -0.05) is 47.5 Å². The lowest BCUT2D eigenvalue weighted by Crippen LogP contribution is -2.33. The van der Waals surface area contributed by atoms with E-state index in [0.717, 1.165) is 41.2 Å². The van der Waals surface area contributed by atoms with Gasteiger partial charge in [0.25, 0.3) is 0 Å². The summed E-state index contributed by atoms with van der Waals surface area (Å²) in [6.45, 7) is 1.88. The highest BCUT2D eigenvalue weighted by atomic mass is 35.5. The van der Waals surface area contributed by atoms with Crippen molar-refractivity contribution in [2.24, 2.45) is 0 Å². The van der Waals surface area contributed by atoms with E-state index in [1.807, 2.05) is 24.3 Å². The third-order valence-corrected chi connectivity index (χ3v) is 6.55. The van der Waals surface area contributed by atoms with E-state index >= 15 is 0 Å². The topological polar surface area (TPSA) is 48.0 Å². The fourth-order valence-corrected chi connectivity index (χ4v) is 4.40. The highest BCUT2D eigenvalue weighted by Gasteiger charge is 2.33. The number of methoxy groups -OCH3 is 1. The summed E-state index contributed by atoms with van der Waals surface area (Å²) >= 11 is 12.1. The zero-order valence-electron chi connectivity index (χ0n) is 17.9. The van der Waals surface area contributed by atoms with E-state index in [1.54, 1.807) is 37.5 Å². The lowest BCUT2D eigenvalue weighted by atomic mass is 10.0. The van der Waals surface area contributed by atoms with Gasteiger partial charge in [0.05, 0.1) is 28.3 Å². The van der Waals surface area contributed by atoms with Crippen LogP contribution in [0.3, 0.4) is 0 Å². The molecule has 0 radical (unpaired) electrons. The average molecular weight is 482 g/mol. The van der Waals surface area contributed by atoms with Crippen LogP contribution in [0.5, 0.6) is 17.2 Å². The largest absolute Gasteiger partial charge is 0.496 e. The number of carbonyl (C=O) groups excluding carboxylic acids is 1. The van der Waals surface area contributed by atoms with Crippen molar-refractivity contribution in [2.45, 2.75) is 13.0 Å². The smallest absolute Gasteiger partial charge is 0.231 e. The molecule has 0 saturated heterocycles. The van der Waals surface area contributed by atoms with Crippen LogP contribution in [0, 0.1) is 0 Å².